The molecule has 1 N–H and O–H groups in total. The average molecular weight is 241 g/mol. The van der Waals surface area contributed by atoms with Crippen molar-refractivity contribution in [3.8, 4) is 0 Å². The fourth-order valence-corrected chi connectivity index (χ4v) is 1.76. The average Bonchev–Trinajstić information content (AvgIpc) is 2.31. The van der Waals surface area contributed by atoms with Crippen LogP contribution in [-0.2, 0) is 19.1 Å². The predicted octanol–water partition coefficient (Wildman–Crippen LogP) is 0.793. The van der Waals surface area contributed by atoms with Crippen molar-refractivity contribution in [1.82, 2.24) is 5.32 Å². The number of piperidine rings is 1. The molecule has 0 amide bonds. The minimum atomic E-state index is -0.567. The lowest BCUT2D eigenvalue weighted by molar-refractivity contribution is -0.146. The lowest BCUT2D eigenvalue weighted by Crippen LogP contribution is -2.28. The van der Waals surface area contributed by atoms with E-state index in [-0.39, 0.29) is 18.8 Å². The summed E-state index contributed by atoms with van der Waals surface area (Å²) < 4.78 is 9.81. The fraction of sp³-hybridized carbons (Fsp3) is 0.667. The number of carbonyl (C=O) groups excluding carboxylic acids is 2. The summed E-state index contributed by atoms with van der Waals surface area (Å²) in [5.74, 6) is -1.13. The highest BCUT2D eigenvalue weighted by Gasteiger charge is 2.26. The molecule has 1 rings (SSSR count). The molecular formula is C12H19NO4. The van der Waals surface area contributed by atoms with Gasteiger partial charge in [0.25, 0.3) is 0 Å². The van der Waals surface area contributed by atoms with Gasteiger partial charge < -0.3 is 14.8 Å². The van der Waals surface area contributed by atoms with Crippen LogP contribution >= 0.6 is 0 Å². The van der Waals surface area contributed by atoms with Crippen molar-refractivity contribution >= 4 is 11.9 Å². The van der Waals surface area contributed by atoms with Crippen LogP contribution in [0.15, 0.2) is 11.1 Å². The number of ether oxygens (including phenoxy) is 2. The first-order valence-electron chi connectivity index (χ1n) is 5.97. The second-order valence-corrected chi connectivity index (χ2v) is 3.67. The number of esters is 2. The quantitative estimate of drug-likeness (QED) is 0.341. The summed E-state index contributed by atoms with van der Waals surface area (Å²) in [5, 5.41) is 3.17. The molecule has 17 heavy (non-hydrogen) atoms. The number of rotatable bonds is 4. The summed E-state index contributed by atoms with van der Waals surface area (Å²) in [7, 11) is 0. The molecule has 1 fully saturated rings. The van der Waals surface area contributed by atoms with Gasteiger partial charge in [0.1, 0.15) is 5.57 Å². The van der Waals surface area contributed by atoms with E-state index in [1.165, 1.54) is 0 Å². The van der Waals surface area contributed by atoms with E-state index in [0.717, 1.165) is 18.7 Å². The van der Waals surface area contributed by atoms with Gasteiger partial charge in [-0.15, -0.1) is 0 Å². The molecule has 1 heterocycles. The third kappa shape index (κ3) is 3.85. The van der Waals surface area contributed by atoms with E-state index in [1.807, 2.05) is 0 Å². The third-order valence-corrected chi connectivity index (χ3v) is 2.52. The molecule has 0 bridgehead atoms. The van der Waals surface area contributed by atoms with Crippen LogP contribution in [0.1, 0.15) is 26.7 Å². The van der Waals surface area contributed by atoms with Crippen LogP contribution in [0.3, 0.4) is 0 Å². The van der Waals surface area contributed by atoms with Gasteiger partial charge in [0, 0.05) is 0 Å². The van der Waals surface area contributed by atoms with Gasteiger partial charge in [0.05, 0.1) is 13.2 Å². The van der Waals surface area contributed by atoms with E-state index < -0.39 is 11.9 Å². The molecule has 0 spiro atoms. The lowest BCUT2D eigenvalue weighted by atomic mass is 9.99. The van der Waals surface area contributed by atoms with Crippen LogP contribution in [0.5, 0.6) is 0 Å². The Morgan fingerprint density at radius 3 is 1.94 bits per heavy atom. The van der Waals surface area contributed by atoms with Crippen LogP contribution in [-0.4, -0.2) is 38.2 Å². The van der Waals surface area contributed by atoms with Crippen molar-refractivity contribution in [2.45, 2.75) is 26.7 Å². The van der Waals surface area contributed by atoms with Crippen molar-refractivity contribution in [3.05, 3.63) is 11.1 Å². The molecule has 1 saturated heterocycles. The predicted molar refractivity (Wildman–Crippen MR) is 62.4 cm³/mol. The van der Waals surface area contributed by atoms with E-state index in [9.17, 15) is 9.59 Å². The van der Waals surface area contributed by atoms with Gasteiger partial charge in [-0.25, -0.2) is 9.59 Å². The van der Waals surface area contributed by atoms with Crippen molar-refractivity contribution in [2.24, 2.45) is 0 Å². The van der Waals surface area contributed by atoms with Crippen LogP contribution in [0.25, 0.3) is 0 Å². The molecule has 96 valence electrons. The topological polar surface area (TPSA) is 64.6 Å². The Hall–Kier alpha value is -1.36. The molecule has 0 aromatic carbocycles. The number of hydrogen-bond donors (Lipinski definition) is 1. The van der Waals surface area contributed by atoms with Gasteiger partial charge in [-0.2, -0.15) is 0 Å². The van der Waals surface area contributed by atoms with Gasteiger partial charge in [0.2, 0.25) is 0 Å². The Morgan fingerprint density at radius 2 is 1.53 bits per heavy atom. The molecular weight excluding hydrogens is 222 g/mol. The van der Waals surface area contributed by atoms with Gasteiger partial charge >= 0.3 is 11.9 Å². The van der Waals surface area contributed by atoms with E-state index in [1.54, 1.807) is 13.8 Å². The Bertz CT molecular complexity index is 294. The Kier molecular flexibility index (Phi) is 5.69. The van der Waals surface area contributed by atoms with Crippen molar-refractivity contribution < 1.29 is 19.1 Å². The zero-order valence-corrected chi connectivity index (χ0v) is 10.4. The highest BCUT2D eigenvalue weighted by Crippen LogP contribution is 2.18. The van der Waals surface area contributed by atoms with Crippen LogP contribution in [0, 0.1) is 0 Å². The molecule has 0 radical (unpaired) electrons. The first-order chi connectivity index (χ1) is 8.20. The maximum Gasteiger partial charge on any atom is 0.345 e. The first-order valence-corrected chi connectivity index (χ1v) is 5.97. The molecule has 5 nitrogen and oxygen atoms in total. The first kappa shape index (κ1) is 13.7. The molecule has 0 aliphatic carbocycles. The molecule has 0 unspecified atom stereocenters. The minimum absolute atomic E-state index is 0.0928. The Morgan fingerprint density at radius 1 is 1.06 bits per heavy atom. The van der Waals surface area contributed by atoms with Crippen LogP contribution < -0.4 is 5.32 Å². The third-order valence-electron chi connectivity index (χ3n) is 2.52. The monoisotopic (exact) mass is 241 g/mol. The Balaban J connectivity index is 2.91. The highest BCUT2D eigenvalue weighted by atomic mass is 16.6. The molecule has 1 aliphatic rings. The zero-order valence-electron chi connectivity index (χ0n) is 10.4. The number of carbonyl (C=O) groups is 2. The molecule has 0 aromatic heterocycles. The number of nitrogens with one attached hydrogen (secondary N) is 1. The van der Waals surface area contributed by atoms with E-state index in [4.69, 9.17) is 9.47 Å². The minimum Gasteiger partial charge on any atom is -0.462 e. The SMILES string of the molecule is CCOC(=O)C(C(=O)OCC)=C1CCNCC1. The maximum absolute atomic E-state index is 11.8. The molecule has 0 aromatic rings. The van der Waals surface area contributed by atoms with Crippen molar-refractivity contribution in [1.29, 1.82) is 0 Å². The summed E-state index contributed by atoms with van der Waals surface area (Å²) in [6, 6.07) is 0. The van der Waals surface area contributed by atoms with E-state index in [0.29, 0.717) is 12.8 Å². The fourth-order valence-electron chi connectivity index (χ4n) is 1.76. The van der Waals surface area contributed by atoms with Crippen LogP contribution in [0.4, 0.5) is 0 Å². The van der Waals surface area contributed by atoms with Crippen molar-refractivity contribution in [2.75, 3.05) is 26.3 Å². The summed E-state index contributed by atoms with van der Waals surface area (Å²) in [5.41, 5.74) is 0.927. The molecule has 1 aliphatic heterocycles. The summed E-state index contributed by atoms with van der Waals surface area (Å²) in [6.07, 6.45) is 1.37. The summed E-state index contributed by atoms with van der Waals surface area (Å²) in [6.45, 7) is 5.50. The van der Waals surface area contributed by atoms with E-state index >= 15 is 0 Å². The summed E-state index contributed by atoms with van der Waals surface area (Å²) in [4.78, 5) is 23.5. The standard InChI is InChI=1S/C12H19NO4/c1-3-16-11(14)10(12(15)17-4-2)9-5-7-13-8-6-9/h13H,3-8H2,1-2H3. The zero-order chi connectivity index (χ0) is 12.7. The largest absolute Gasteiger partial charge is 0.462 e. The second kappa shape index (κ2) is 7.06. The Labute approximate surface area is 101 Å². The lowest BCUT2D eigenvalue weighted by Gasteiger charge is -2.18. The van der Waals surface area contributed by atoms with Gasteiger partial charge in [-0.1, -0.05) is 0 Å². The summed E-state index contributed by atoms with van der Waals surface area (Å²) >= 11 is 0. The molecule has 0 saturated carbocycles. The van der Waals surface area contributed by atoms with Gasteiger partial charge in [-0.05, 0) is 45.4 Å². The van der Waals surface area contributed by atoms with Crippen LogP contribution in [0.2, 0.25) is 0 Å². The molecule has 5 heteroatoms. The molecule has 0 atom stereocenters. The number of hydrogen-bond acceptors (Lipinski definition) is 5. The smallest absolute Gasteiger partial charge is 0.345 e. The van der Waals surface area contributed by atoms with Gasteiger partial charge in [-0.3, -0.25) is 0 Å². The van der Waals surface area contributed by atoms with Crippen molar-refractivity contribution in [3.63, 3.8) is 0 Å². The maximum atomic E-state index is 11.8. The van der Waals surface area contributed by atoms with Gasteiger partial charge in [0.15, 0.2) is 0 Å². The highest BCUT2D eigenvalue weighted by molar-refractivity contribution is 6.14. The normalized spacial score (nSPS) is 15.3. The second-order valence-electron chi connectivity index (χ2n) is 3.67. The van der Waals surface area contributed by atoms with E-state index in [2.05, 4.69) is 5.32 Å².